The lowest BCUT2D eigenvalue weighted by molar-refractivity contribution is 0.276. The van der Waals surface area contributed by atoms with Gasteiger partial charge in [-0.3, -0.25) is 15.0 Å². The van der Waals surface area contributed by atoms with Crippen molar-refractivity contribution in [2.75, 3.05) is 0 Å². The Bertz CT molecular complexity index is 1540. The molecule has 0 unspecified atom stereocenters. The maximum atomic E-state index is 9.12. The van der Waals surface area contributed by atoms with Crippen molar-refractivity contribution in [2.45, 2.75) is 19.8 Å². The minimum atomic E-state index is -0.0727. The summed E-state index contributed by atoms with van der Waals surface area (Å²) < 4.78 is 4.92. The van der Waals surface area contributed by atoms with Crippen LogP contribution >= 0.6 is 47.8 Å². The molecule has 0 spiro atoms. The highest BCUT2D eigenvalue weighted by Gasteiger charge is 2.06. The highest BCUT2D eigenvalue weighted by molar-refractivity contribution is 9.11. The zero-order chi connectivity index (χ0) is 26.2. The molecule has 3 aromatic heterocycles. The van der Waals surface area contributed by atoms with Crippen LogP contribution in [-0.2, 0) is 19.8 Å². The van der Waals surface area contributed by atoms with E-state index in [0.29, 0.717) is 11.4 Å². The van der Waals surface area contributed by atoms with Gasteiger partial charge in [0.2, 0.25) is 0 Å². The average Bonchev–Trinajstić information content (AvgIpc) is 3.56. The van der Waals surface area contributed by atoms with Crippen molar-refractivity contribution in [1.29, 1.82) is 0 Å². The Morgan fingerprint density at radius 3 is 2.16 bits per heavy atom. The SMILES string of the molecule is Brc1ccc2c(c1)CN=C2.OCc1cc(-n2ncc3ccc(Br)cc32)ccn1.OCc1cc(Br)ccn1. The molecule has 2 aromatic carbocycles. The van der Waals surface area contributed by atoms with E-state index in [1.54, 1.807) is 18.5 Å². The first kappa shape index (κ1) is 27.3. The number of nitrogens with zero attached hydrogens (tertiary/aromatic N) is 5. The highest BCUT2D eigenvalue weighted by Crippen LogP contribution is 2.22. The van der Waals surface area contributed by atoms with E-state index in [1.165, 1.54) is 11.1 Å². The third-order valence-electron chi connectivity index (χ3n) is 5.28. The number of rotatable bonds is 3. The summed E-state index contributed by atoms with van der Waals surface area (Å²) in [5.41, 5.74) is 5.79. The standard InChI is InChI=1S/C13H10BrN3O.C8H6BrN.C6H6BrNO/c14-10-2-1-9-7-16-17(13(9)5-10)12-3-4-15-11(6-12)8-18;9-8-2-1-6-4-10-5-7(6)3-8;7-5-1-2-8-6(3-5)4-9/h1-7,18H,8H2;1-4H,5H2;1-3,9H,4H2. The number of aliphatic imine (C=N–C) groups is 1. The predicted molar refractivity (Wildman–Crippen MR) is 156 cm³/mol. The molecule has 5 aromatic rings. The Morgan fingerprint density at radius 1 is 0.757 bits per heavy atom. The Hall–Kier alpha value is -2.76. The Labute approximate surface area is 239 Å². The molecule has 6 rings (SSSR count). The van der Waals surface area contributed by atoms with E-state index in [2.05, 4.69) is 80.0 Å². The molecule has 0 bridgehead atoms. The summed E-state index contributed by atoms with van der Waals surface area (Å²) >= 11 is 10.1. The van der Waals surface area contributed by atoms with Crippen LogP contribution in [0.15, 0.2) is 97.7 Å². The van der Waals surface area contributed by atoms with Gasteiger partial charge in [0.05, 0.1) is 48.5 Å². The zero-order valence-corrected chi connectivity index (χ0v) is 24.2. The van der Waals surface area contributed by atoms with Crippen LogP contribution in [0.2, 0.25) is 0 Å². The van der Waals surface area contributed by atoms with Gasteiger partial charge in [0.15, 0.2) is 0 Å². The lowest BCUT2D eigenvalue weighted by Gasteiger charge is -2.05. The Morgan fingerprint density at radius 2 is 1.43 bits per heavy atom. The topological polar surface area (TPSA) is 96.4 Å². The number of aliphatic hydroxyl groups excluding tert-OH is 2. The quantitative estimate of drug-likeness (QED) is 0.229. The fraction of sp³-hybridized carbons (Fsp3) is 0.111. The summed E-state index contributed by atoms with van der Waals surface area (Å²) in [7, 11) is 0. The van der Waals surface area contributed by atoms with Crippen molar-refractivity contribution in [3.63, 3.8) is 0 Å². The smallest absolute Gasteiger partial charge is 0.0853 e. The number of hydrogen-bond acceptors (Lipinski definition) is 6. The van der Waals surface area contributed by atoms with Crippen LogP contribution in [0.25, 0.3) is 16.6 Å². The van der Waals surface area contributed by atoms with E-state index in [-0.39, 0.29) is 13.2 Å². The molecule has 188 valence electrons. The van der Waals surface area contributed by atoms with E-state index in [4.69, 9.17) is 10.2 Å². The van der Waals surface area contributed by atoms with E-state index in [0.717, 1.165) is 36.6 Å². The Kier molecular flexibility index (Phi) is 9.70. The van der Waals surface area contributed by atoms with Crippen molar-refractivity contribution in [3.8, 4) is 5.69 Å². The summed E-state index contributed by atoms with van der Waals surface area (Å²) in [5, 5.41) is 23.1. The van der Waals surface area contributed by atoms with E-state index in [9.17, 15) is 0 Å². The largest absolute Gasteiger partial charge is 0.390 e. The first-order valence-corrected chi connectivity index (χ1v) is 13.5. The molecule has 1 aliphatic rings. The second-order valence-corrected chi connectivity index (χ2v) is 10.6. The van der Waals surface area contributed by atoms with Crippen LogP contribution < -0.4 is 0 Å². The molecule has 7 nitrogen and oxygen atoms in total. The molecular formula is C27H22Br3N5O2. The fourth-order valence-corrected chi connectivity index (χ4v) is 4.64. The van der Waals surface area contributed by atoms with Crippen LogP contribution in [0.3, 0.4) is 0 Å². The van der Waals surface area contributed by atoms with Gasteiger partial charge < -0.3 is 10.2 Å². The summed E-state index contributed by atoms with van der Waals surface area (Å²) in [5.74, 6) is 0. The number of pyridine rings is 2. The predicted octanol–water partition coefficient (Wildman–Crippen LogP) is 6.39. The van der Waals surface area contributed by atoms with Crippen LogP contribution in [0.4, 0.5) is 0 Å². The van der Waals surface area contributed by atoms with Gasteiger partial charge in [0.1, 0.15) is 0 Å². The molecule has 0 fully saturated rings. The van der Waals surface area contributed by atoms with E-state index < -0.39 is 0 Å². The molecule has 1 aliphatic heterocycles. The van der Waals surface area contributed by atoms with Crippen molar-refractivity contribution < 1.29 is 10.2 Å². The van der Waals surface area contributed by atoms with Gasteiger partial charge >= 0.3 is 0 Å². The van der Waals surface area contributed by atoms with Gasteiger partial charge in [-0.15, -0.1) is 0 Å². The lowest BCUT2D eigenvalue weighted by Crippen LogP contribution is -1.98. The molecule has 4 heterocycles. The number of hydrogen-bond donors (Lipinski definition) is 2. The van der Waals surface area contributed by atoms with Crippen LogP contribution in [-0.4, -0.2) is 36.2 Å². The number of aliphatic hydroxyl groups is 2. The minimum Gasteiger partial charge on any atom is -0.390 e. The van der Waals surface area contributed by atoms with Crippen molar-refractivity contribution in [3.05, 3.63) is 115 Å². The van der Waals surface area contributed by atoms with Gasteiger partial charge in [-0.05, 0) is 59.7 Å². The molecule has 2 N–H and O–H groups in total. The molecule has 0 saturated heterocycles. The zero-order valence-electron chi connectivity index (χ0n) is 19.5. The van der Waals surface area contributed by atoms with Crippen molar-refractivity contribution in [2.24, 2.45) is 4.99 Å². The second-order valence-electron chi connectivity index (χ2n) is 7.86. The van der Waals surface area contributed by atoms with Gasteiger partial charge in [-0.2, -0.15) is 5.10 Å². The van der Waals surface area contributed by atoms with Crippen LogP contribution in [0, 0.1) is 0 Å². The minimum absolute atomic E-state index is 0.000556. The monoisotopic (exact) mass is 685 g/mol. The number of benzene rings is 2. The first-order chi connectivity index (χ1) is 18.0. The van der Waals surface area contributed by atoms with Gasteiger partial charge in [-0.25, -0.2) is 4.68 Å². The fourth-order valence-electron chi connectivity index (χ4n) is 3.50. The maximum absolute atomic E-state index is 9.12. The lowest BCUT2D eigenvalue weighted by atomic mass is 10.1. The summed E-state index contributed by atoms with van der Waals surface area (Å²) in [4.78, 5) is 12.1. The van der Waals surface area contributed by atoms with E-state index >= 15 is 0 Å². The number of aromatic nitrogens is 4. The normalized spacial score (nSPS) is 11.4. The molecule has 0 saturated carbocycles. The second kappa shape index (κ2) is 13.2. The Balaban J connectivity index is 0.000000143. The third-order valence-corrected chi connectivity index (χ3v) is 6.76. The maximum Gasteiger partial charge on any atom is 0.0853 e. The van der Waals surface area contributed by atoms with Crippen LogP contribution in [0.5, 0.6) is 0 Å². The molecule has 37 heavy (non-hydrogen) atoms. The van der Waals surface area contributed by atoms with Crippen molar-refractivity contribution >= 4 is 64.9 Å². The number of halogens is 3. The molecular weight excluding hydrogens is 666 g/mol. The van der Waals surface area contributed by atoms with Gasteiger partial charge in [0, 0.05) is 37.4 Å². The molecule has 0 aliphatic carbocycles. The molecule has 10 heteroatoms. The highest BCUT2D eigenvalue weighted by atomic mass is 79.9. The van der Waals surface area contributed by atoms with Crippen molar-refractivity contribution in [1.82, 2.24) is 19.7 Å². The average molecular weight is 688 g/mol. The molecule has 0 atom stereocenters. The van der Waals surface area contributed by atoms with E-state index in [1.807, 2.05) is 59.6 Å². The van der Waals surface area contributed by atoms with Gasteiger partial charge in [0.25, 0.3) is 0 Å². The summed E-state index contributed by atoms with van der Waals surface area (Å²) in [6.45, 7) is 0.769. The number of fused-ring (bicyclic) bond motifs is 2. The summed E-state index contributed by atoms with van der Waals surface area (Å²) in [6, 6.07) is 19.5. The van der Waals surface area contributed by atoms with Gasteiger partial charge in [-0.1, -0.05) is 59.9 Å². The third kappa shape index (κ3) is 7.39. The first-order valence-electron chi connectivity index (χ1n) is 11.2. The van der Waals surface area contributed by atoms with Crippen LogP contribution in [0.1, 0.15) is 22.5 Å². The summed E-state index contributed by atoms with van der Waals surface area (Å²) in [6.07, 6.45) is 7.06. The molecule has 0 radical (unpaired) electrons. The molecule has 0 amide bonds.